The van der Waals surface area contributed by atoms with E-state index in [2.05, 4.69) is 21.4 Å². The van der Waals surface area contributed by atoms with Crippen LogP contribution in [-0.2, 0) is 0 Å². The van der Waals surface area contributed by atoms with E-state index >= 15 is 0 Å². The number of benzene rings is 1. The highest BCUT2D eigenvalue weighted by molar-refractivity contribution is 6.02. The quantitative estimate of drug-likeness (QED) is 0.622. The molecule has 0 aliphatic rings. The fourth-order valence-corrected chi connectivity index (χ4v) is 1.95. The molecule has 2 N–H and O–H groups in total. The number of carboxylic acid groups (broad SMARTS) is 1. The Bertz CT molecular complexity index is 662. The molecule has 0 fully saturated rings. The summed E-state index contributed by atoms with van der Waals surface area (Å²) in [5, 5.41) is 20.8. The number of hydrogen-bond donors (Lipinski definition) is 2. The predicted octanol–water partition coefficient (Wildman–Crippen LogP) is 2.54. The third-order valence-corrected chi connectivity index (χ3v) is 2.92. The summed E-state index contributed by atoms with van der Waals surface area (Å²) in [6, 6.07) is 7.32. The number of aromatic carboxylic acids is 1. The number of nitrogens with zero attached hydrogens (tertiary/aromatic N) is 2. The molecule has 1 aromatic heterocycles. The lowest BCUT2D eigenvalue weighted by Crippen LogP contribution is -2.11. The number of anilines is 1. The Balaban J connectivity index is 2.26. The average molecular weight is 269 g/mol. The highest BCUT2D eigenvalue weighted by Gasteiger charge is 2.15. The van der Waals surface area contributed by atoms with Gasteiger partial charge in [-0.2, -0.15) is 0 Å². The zero-order valence-electron chi connectivity index (χ0n) is 11.0. The minimum atomic E-state index is -1.09. The van der Waals surface area contributed by atoms with E-state index in [0.29, 0.717) is 17.7 Å². The van der Waals surface area contributed by atoms with E-state index in [9.17, 15) is 9.90 Å². The van der Waals surface area contributed by atoms with Gasteiger partial charge in [-0.15, -0.1) is 22.5 Å². The number of unbranched alkanes of at least 4 members (excludes halogenated alkanes) is 2. The third-order valence-electron chi connectivity index (χ3n) is 2.92. The van der Waals surface area contributed by atoms with Crippen molar-refractivity contribution in [3.8, 4) is 12.3 Å². The van der Waals surface area contributed by atoms with Gasteiger partial charge in [0.25, 0.3) is 0 Å². The Labute approximate surface area is 117 Å². The number of carboxylic acids is 1. The largest absolute Gasteiger partial charge is 0.476 e. The van der Waals surface area contributed by atoms with Crippen LogP contribution >= 0.6 is 0 Å². The lowest BCUT2D eigenvalue weighted by Gasteiger charge is -2.11. The molecule has 102 valence electrons. The summed E-state index contributed by atoms with van der Waals surface area (Å²) >= 11 is 0. The number of fused-ring (bicyclic) bond motifs is 1. The molecule has 0 saturated heterocycles. The van der Waals surface area contributed by atoms with Crippen molar-refractivity contribution in [2.24, 2.45) is 0 Å². The van der Waals surface area contributed by atoms with Gasteiger partial charge in [-0.05, 0) is 18.9 Å². The first kappa shape index (κ1) is 13.8. The zero-order chi connectivity index (χ0) is 14.4. The van der Waals surface area contributed by atoms with Crippen molar-refractivity contribution < 1.29 is 9.90 Å². The maximum Gasteiger partial charge on any atom is 0.358 e. The second kappa shape index (κ2) is 6.53. The van der Waals surface area contributed by atoms with Gasteiger partial charge in [-0.1, -0.05) is 18.2 Å². The van der Waals surface area contributed by atoms with Gasteiger partial charge in [-0.25, -0.2) is 4.79 Å². The summed E-state index contributed by atoms with van der Waals surface area (Å²) in [5.74, 6) is 1.49. The van der Waals surface area contributed by atoms with E-state index in [0.717, 1.165) is 24.6 Å². The lowest BCUT2D eigenvalue weighted by atomic mass is 10.1. The average Bonchev–Trinajstić information content (AvgIpc) is 2.46. The Hall–Kier alpha value is -2.61. The normalized spacial score (nSPS) is 10.2. The Morgan fingerprint density at radius 2 is 2.10 bits per heavy atom. The van der Waals surface area contributed by atoms with Crippen molar-refractivity contribution in [2.75, 3.05) is 11.9 Å². The molecule has 0 unspecified atom stereocenters. The summed E-state index contributed by atoms with van der Waals surface area (Å²) in [4.78, 5) is 11.2. The third kappa shape index (κ3) is 3.04. The fraction of sp³-hybridized carbons (Fsp3) is 0.267. The van der Waals surface area contributed by atoms with Crippen molar-refractivity contribution in [2.45, 2.75) is 19.3 Å². The first-order valence-corrected chi connectivity index (χ1v) is 6.40. The van der Waals surface area contributed by atoms with Crippen LogP contribution in [0.3, 0.4) is 0 Å². The number of hydrogen-bond acceptors (Lipinski definition) is 4. The number of rotatable bonds is 6. The molecule has 2 rings (SSSR count). The van der Waals surface area contributed by atoms with Gasteiger partial charge in [0.05, 0.1) is 11.2 Å². The lowest BCUT2D eigenvalue weighted by molar-refractivity contribution is 0.0690. The van der Waals surface area contributed by atoms with Gasteiger partial charge in [-0.3, -0.25) is 0 Å². The van der Waals surface area contributed by atoms with E-state index in [1.807, 2.05) is 18.2 Å². The second-order valence-electron chi connectivity index (χ2n) is 4.33. The number of terminal acetylenes is 1. The summed E-state index contributed by atoms with van der Waals surface area (Å²) in [7, 11) is 0. The molecular formula is C15H15N3O2. The van der Waals surface area contributed by atoms with Gasteiger partial charge in [0, 0.05) is 18.4 Å². The Morgan fingerprint density at radius 1 is 1.30 bits per heavy atom. The molecule has 0 aliphatic heterocycles. The maximum absolute atomic E-state index is 11.2. The molecule has 1 aromatic carbocycles. The molecule has 2 aromatic rings. The van der Waals surface area contributed by atoms with Crippen LogP contribution in [0.5, 0.6) is 0 Å². The van der Waals surface area contributed by atoms with E-state index < -0.39 is 5.97 Å². The predicted molar refractivity (Wildman–Crippen MR) is 77.7 cm³/mol. The second-order valence-corrected chi connectivity index (χ2v) is 4.33. The fourth-order valence-electron chi connectivity index (χ4n) is 1.95. The van der Waals surface area contributed by atoms with Crippen LogP contribution in [0, 0.1) is 12.3 Å². The van der Waals surface area contributed by atoms with Crippen molar-refractivity contribution in [3.05, 3.63) is 30.0 Å². The monoisotopic (exact) mass is 269 g/mol. The molecule has 0 atom stereocenters. The number of carbonyl (C=O) groups is 1. The smallest absolute Gasteiger partial charge is 0.358 e. The molecule has 0 spiro atoms. The number of nitrogens with one attached hydrogen (secondary N) is 1. The molecule has 0 radical (unpaired) electrons. The van der Waals surface area contributed by atoms with Gasteiger partial charge < -0.3 is 10.4 Å². The first-order valence-electron chi connectivity index (χ1n) is 6.40. The molecule has 0 bridgehead atoms. The summed E-state index contributed by atoms with van der Waals surface area (Å²) in [6.45, 7) is 0.650. The molecule has 1 heterocycles. The maximum atomic E-state index is 11.2. The van der Waals surface area contributed by atoms with Crippen molar-refractivity contribution in [3.63, 3.8) is 0 Å². The summed E-state index contributed by atoms with van der Waals surface area (Å²) < 4.78 is 0. The highest BCUT2D eigenvalue weighted by atomic mass is 16.4. The van der Waals surface area contributed by atoms with Crippen LogP contribution in [0.1, 0.15) is 29.8 Å². The SMILES string of the molecule is C#CCCCCNc1c(C(=O)O)nnc2ccccc12. The Kier molecular flexibility index (Phi) is 4.51. The van der Waals surface area contributed by atoms with Crippen LogP contribution in [-0.4, -0.2) is 27.8 Å². The number of aromatic nitrogens is 2. The van der Waals surface area contributed by atoms with Crippen molar-refractivity contribution >= 4 is 22.6 Å². The molecule has 5 nitrogen and oxygen atoms in total. The van der Waals surface area contributed by atoms with Crippen LogP contribution in [0.4, 0.5) is 5.69 Å². The van der Waals surface area contributed by atoms with E-state index in [1.165, 1.54) is 0 Å². The zero-order valence-corrected chi connectivity index (χ0v) is 11.0. The minimum Gasteiger partial charge on any atom is -0.476 e. The summed E-state index contributed by atoms with van der Waals surface area (Å²) in [6.07, 6.45) is 7.70. The summed E-state index contributed by atoms with van der Waals surface area (Å²) in [5.41, 5.74) is 1.13. The van der Waals surface area contributed by atoms with Crippen LogP contribution < -0.4 is 5.32 Å². The van der Waals surface area contributed by atoms with Gasteiger partial charge in [0.2, 0.25) is 0 Å². The van der Waals surface area contributed by atoms with Crippen LogP contribution in [0.2, 0.25) is 0 Å². The molecule has 20 heavy (non-hydrogen) atoms. The van der Waals surface area contributed by atoms with E-state index in [1.54, 1.807) is 6.07 Å². The highest BCUT2D eigenvalue weighted by Crippen LogP contribution is 2.24. The Morgan fingerprint density at radius 3 is 2.85 bits per heavy atom. The van der Waals surface area contributed by atoms with E-state index in [4.69, 9.17) is 6.42 Å². The molecule has 0 saturated carbocycles. The standard InChI is InChI=1S/C15H15N3O2/c1-2-3-4-7-10-16-13-11-8-5-6-9-12(11)17-18-14(13)15(19)20/h1,5-6,8-9H,3-4,7,10H2,(H,16,17)(H,19,20). The van der Waals surface area contributed by atoms with Gasteiger partial charge >= 0.3 is 5.97 Å². The molecule has 0 amide bonds. The van der Waals surface area contributed by atoms with E-state index in [-0.39, 0.29) is 5.69 Å². The van der Waals surface area contributed by atoms with Gasteiger partial charge in [0.15, 0.2) is 5.69 Å². The molecular weight excluding hydrogens is 254 g/mol. The van der Waals surface area contributed by atoms with Crippen molar-refractivity contribution in [1.82, 2.24) is 10.2 Å². The molecule has 5 heteroatoms. The minimum absolute atomic E-state index is 0.0550. The van der Waals surface area contributed by atoms with Crippen molar-refractivity contribution in [1.29, 1.82) is 0 Å². The molecule has 0 aliphatic carbocycles. The van der Waals surface area contributed by atoms with Crippen LogP contribution in [0.25, 0.3) is 10.9 Å². The first-order chi connectivity index (χ1) is 9.74. The van der Waals surface area contributed by atoms with Crippen LogP contribution in [0.15, 0.2) is 24.3 Å². The topological polar surface area (TPSA) is 75.1 Å². The van der Waals surface area contributed by atoms with Gasteiger partial charge in [0.1, 0.15) is 0 Å².